The maximum Gasteiger partial charge on any atom is 0.272 e. The number of aromatic nitrogens is 2. The van der Waals surface area contributed by atoms with Crippen molar-refractivity contribution in [2.45, 2.75) is 20.4 Å². The third-order valence-electron chi connectivity index (χ3n) is 7.33. The molecule has 0 bridgehead atoms. The Bertz CT molecular complexity index is 1960. The summed E-state index contributed by atoms with van der Waals surface area (Å²) in [6, 6.07) is 31.0. The van der Waals surface area contributed by atoms with Crippen molar-refractivity contribution in [2.24, 2.45) is 5.10 Å². The summed E-state index contributed by atoms with van der Waals surface area (Å²) in [6.07, 6.45) is 1.72. The summed E-state index contributed by atoms with van der Waals surface area (Å²) in [6.45, 7) is 4.72. The van der Waals surface area contributed by atoms with Crippen LogP contribution in [-0.4, -0.2) is 21.7 Å². The van der Waals surface area contributed by atoms with E-state index in [-0.39, 0.29) is 5.91 Å². The van der Waals surface area contributed by atoms with Crippen molar-refractivity contribution in [1.82, 2.24) is 15.0 Å². The van der Waals surface area contributed by atoms with Gasteiger partial charge in [-0.2, -0.15) is 5.10 Å². The molecule has 0 unspecified atom stereocenters. The first-order valence-electron chi connectivity index (χ1n) is 13.2. The zero-order valence-corrected chi connectivity index (χ0v) is 24.0. The van der Waals surface area contributed by atoms with E-state index in [0.29, 0.717) is 22.2 Å². The number of amides is 1. The van der Waals surface area contributed by atoms with E-state index in [1.807, 2.05) is 78.9 Å². The molecular weight excluding hydrogens is 551 g/mol. The van der Waals surface area contributed by atoms with Gasteiger partial charge in [-0.3, -0.25) is 4.79 Å². The monoisotopic (exact) mass is 576 g/mol. The number of nitrogens with one attached hydrogen (secondary N) is 1. The van der Waals surface area contributed by atoms with Gasteiger partial charge in [-0.15, -0.1) is 0 Å². The zero-order valence-electron chi connectivity index (χ0n) is 22.5. The highest BCUT2D eigenvalue weighted by molar-refractivity contribution is 6.35. The summed E-state index contributed by atoms with van der Waals surface area (Å²) in [7, 11) is 0. The van der Waals surface area contributed by atoms with Crippen molar-refractivity contribution in [3.63, 3.8) is 0 Å². The molecule has 0 aliphatic carbocycles. The molecule has 2 heterocycles. The smallest absolute Gasteiger partial charge is 0.272 e. The van der Waals surface area contributed by atoms with Crippen LogP contribution in [0.1, 0.15) is 32.7 Å². The third kappa shape index (κ3) is 5.22. The van der Waals surface area contributed by atoms with Gasteiger partial charge in [0.2, 0.25) is 0 Å². The molecule has 5 nitrogen and oxygen atoms in total. The van der Waals surface area contributed by atoms with E-state index in [4.69, 9.17) is 28.2 Å². The number of rotatable bonds is 6. The highest BCUT2D eigenvalue weighted by atomic mass is 35.5. The van der Waals surface area contributed by atoms with Crippen molar-refractivity contribution < 1.29 is 4.79 Å². The van der Waals surface area contributed by atoms with Crippen LogP contribution in [0.2, 0.25) is 10.0 Å². The molecule has 6 rings (SSSR count). The van der Waals surface area contributed by atoms with Crippen LogP contribution >= 0.6 is 23.2 Å². The Hall–Kier alpha value is -4.45. The minimum absolute atomic E-state index is 0.303. The Balaban J connectivity index is 1.35. The summed E-state index contributed by atoms with van der Waals surface area (Å²) >= 11 is 12.6. The number of hydrogen-bond acceptors (Lipinski definition) is 3. The molecule has 0 radical (unpaired) electrons. The van der Waals surface area contributed by atoms with Gasteiger partial charge in [0.1, 0.15) is 0 Å². The summed E-state index contributed by atoms with van der Waals surface area (Å²) in [5, 5.41) is 7.45. The quantitative estimate of drug-likeness (QED) is 0.159. The van der Waals surface area contributed by atoms with Gasteiger partial charge in [-0.05, 0) is 49.2 Å². The first-order valence-corrected chi connectivity index (χ1v) is 14.0. The van der Waals surface area contributed by atoms with Gasteiger partial charge < -0.3 is 4.57 Å². The largest absolute Gasteiger partial charge is 0.340 e. The molecule has 2 aromatic heterocycles. The van der Waals surface area contributed by atoms with Gasteiger partial charge in [-0.25, -0.2) is 10.4 Å². The Morgan fingerprint density at radius 2 is 1.66 bits per heavy atom. The molecule has 41 heavy (non-hydrogen) atoms. The zero-order chi connectivity index (χ0) is 28.5. The summed E-state index contributed by atoms with van der Waals surface area (Å²) < 4.78 is 2.23. The lowest BCUT2D eigenvalue weighted by Crippen LogP contribution is -2.18. The van der Waals surface area contributed by atoms with Gasteiger partial charge in [0.05, 0.1) is 28.5 Å². The van der Waals surface area contributed by atoms with E-state index >= 15 is 0 Å². The van der Waals surface area contributed by atoms with Crippen LogP contribution < -0.4 is 5.43 Å². The number of carbonyl (C=O) groups is 1. The van der Waals surface area contributed by atoms with Crippen molar-refractivity contribution >= 4 is 57.1 Å². The van der Waals surface area contributed by atoms with E-state index in [0.717, 1.165) is 55.4 Å². The molecule has 1 N–H and O–H groups in total. The minimum Gasteiger partial charge on any atom is -0.340 e. The fourth-order valence-electron chi connectivity index (χ4n) is 5.26. The number of fused-ring (bicyclic) bond motifs is 2. The number of carbonyl (C=O) groups excluding carboxylic acids is 1. The molecule has 0 atom stereocenters. The van der Waals surface area contributed by atoms with Crippen molar-refractivity contribution in [3.8, 4) is 11.3 Å². The van der Waals surface area contributed by atoms with E-state index in [1.165, 1.54) is 0 Å². The highest BCUT2D eigenvalue weighted by Crippen LogP contribution is 2.30. The molecule has 0 spiro atoms. The number of hydrazone groups is 1. The van der Waals surface area contributed by atoms with Crippen LogP contribution in [0, 0.1) is 13.8 Å². The van der Waals surface area contributed by atoms with Gasteiger partial charge in [-0.1, -0.05) is 96.0 Å². The van der Waals surface area contributed by atoms with E-state index in [9.17, 15) is 4.79 Å². The second kappa shape index (κ2) is 11.2. The number of pyridine rings is 1. The Labute approximate surface area is 248 Å². The second-order valence-electron chi connectivity index (χ2n) is 9.93. The standard InChI is InChI=1S/C34H26Cl2N4O/c1-21-9-8-13-27-29(22(2)40(33(21)27)20-24-15-16-25(35)17-30(24)36)19-37-39-34(41)28-18-32(23-10-4-3-5-11-23)38-31-14-7-6-12-26(28)31/h3-19H,20H2,1-2H3,(H,39,41)/b37-19+. The number of nitrogens with zero attached hydrogens (tertiary/aromatic N) is 3. The summed E-state index contributed by atoms with van der Waals surface area (Å²) in [5.41, 5.74) is 10.8. The predicted molar refractivity (Wildman–Crippen MR) is 169 cm³/mol. The van der Waals surface area contributed by atoms with E-state index < -0.39 is 0 Å². The first-order chi connectivity index (χ1) is 19.9. The fraction of sp³-hybridized carbons (Fsp3) is 0.0882. The molecule has 4 aromatic carbocycles. The molecule has 0 aliphatic heterocycles. The van der Waals surface area contributed by atoms with E-state index in [2.05, 4.69) is 41.1 Å². The molecule has 202 valence electrons. The molecule has 0 saturated carbocycles. The Morgan fingerprint density at radius 1 is 0.902 bits per heavy atom. The summed E-state index contributed by atoms with van der Waals surface area (Å²) in [4.78, 5) is 18.2. The Kier molecular flexibility index (Phi) is 7.31. The lowest BCUT2D eigenvalue weighted by molar-refractivity contribution is 0.0956. The van der Waals surface area contributed by atoms with Crippen molar-refractivity contribution in [1.29, 1.82) is 0 Å². The van der Waals surface area contributed by atoms with Gasteiger partial charge >= 0.3 is 0 Å². The fourth-order valence-corrected chi connectivity index (χ4v) is 5.73. The van der Waals surface area contributed by atoms with Crippen LogP contribution in [0.3, 0.4) is 0 Å². The maximum absolute atomic E-state index is 13.5. The van der Waals surface area contributed by atoms with Gasteiger partial charge in [0.25, 0.3) is 5.91 Å². The average molecular weight is 578 g/mol. The van der Waals surface area contributed by atoms with Crippen molar-refractivity contribution in [3.05, 3.63) is 135 Å². The topological polar surface area (TPSA) is 59.3 Å². The van der Waals surface area contributed by atoms with Gasteiger partial charge in [0, 0.05) is 44.2 Å². The molecule has 1 amide bonds. The second-order valence-corrected chi connectivity index (χ2v) is 10.8. The molecular formula is C34H26Cl2N4O. The lowest BCUT2D eigenvalue weighted by atomic mass is 10.0. The first kappa shape index (κ1) is 26.8. The number of halogens is 2. The number of aryl methyl sites for hydroxylation is 1. The maximum atomic E-state index is 13.5. The molecule has 0 fully saturated rings. The highest BCUT2D eigenvalue weighted by Gasteiger charge is 2.17. The van der Waals surface area contributed by atoms with Crippen LogP contribution in [0.25, 0.3) is 33.1 Å². The molecule has 0 saturated heterocycles. The lowest BCUT2D eigenvalue weighted by Gasteiger charge is -2.12. The molecule has 7 heteroatoms. The van der Waals surface area contributed by atoms with Crippen molar-refractivity contribution in [2.75, 3.05) is 0 Å². The average Bonchev–Trinajstić information content (AvgIpc) is 3.25. The summed E-state index contributed by atoms with van der Waals surface area (Å²) in [5.74, 6) is -0.303. The van der Waals surface area contributed by atoms with Crippen LogP contribution in [0.15, 0.2) is 102 Å². The molecule has 6 aromatic rings. The van der Waals surface area contributed by atoms with Crippen LogP contribution in [-0.2, 0) is 6.54 Å². The number of para-hydroxylation sites is 2. The number of hydrogen-bond donors (Lipinski definition) is 1. The van der Waals surface area contributed by atoms with Crippen LogP contribution in [0.4, 0.5) is 0 Å². The SMILES string of the molecule is Cc1cccc2c(/C=N/NC(=O)c3cc(-c4ccccc4)nc4ccccc34)c(C)n(Cc3ccc(Cl)cc3Cl)c12. The number of benzene rings is 4. The van der Waals surface area contributed by atoms with E-state index in [1.54, 1.807) is 12.3 Å². The molecule has 0 aliphatic rings. The predicted octanol–water partition coefficient (Wildman–Crippen LogP) is 8.59. The minimum atomic E-state index is -0.303. The van der Waals surface area contributed by atoms with Crippen LogP contribution in [0.5, 0.6) is 0 Å². The van der Waals surface area contributed by atoms with Gasteiger partial charge in [0.15, 0.2) is 0 Å². The normalized spacial score (nSPS) is 11.5. The third-order valence-corrected chi connectivity index (χ3v) is 7.91. The Morgan fingerprint density at radius 3 is 2.46 bits per heavy atom.